The van der Waals surface area contributed by atoms with Gasteiger partial charge in [0.1, 0.15) is 0 Å². The summed E-state index contributed by atoms with van der Waals surface area (Å²) in [5.41, 5.74) is 1.27. The lowest BCUT2D eigenvalue weighted by atomic mass is 9.85. The van der Waals surface area contributed by atoms with Crippen molar-refractivity contribution in [2.75, 3.05) is 19.0 Å². The second-order valence-electron chi connectivity index (χ2n) is 8.47. The van der Waals surface area contributed by atoms with Gasteiger partial charge in [0, 0.05) is 5.69 Å². The molecule has 34 heavy (non-hydrogen) atoms. The Hall–Kier alpha value is -3.46. The van der Waals surface area contributed by atoms with Crippen molar-refractivity contribution in [2.24, 2.45) is 28.8 Å². The average Bonchev–Trinajstić information content (AvgIpc) is 3.51. The number of ether oxygens (including phenoxy) is 2. The zero-order valence-electron chi connectivity index (χ0n) is 18.3. The van der Waals surface area contributed by atoms with Gasteiger partial charge >= 0.3 is 0 Å². The molecule has 9 heteroatoms. The number of carbonyl (C=O) groups is 3. The van der Waals surface area contributed by atoms with E-state index in [1.807, 2.05) is 30.4 Å². The Balaban J connectivity index is 1.27. The number of amides is 3. The van der Waals surface area contributed by atoms with Gasteiger partial charge < -0.3 is 14.8 Å². The summed E-state index contributed by atoms with van der Waals surface area (Å²) in [4.78, 5) is 37.8. The Kier molecular flexibility index (Phi) is 5.95. The molecule has 2 aromatic rings. The van der Waals surface area contributed by atoms with E-state index < -0.39 is 0 Å². The van der Waals surface area contributed by atoms with Crippen molar-refractivity contribution in [3.05, 3.63) is 64.7 Å². The Morgan fingerprint density at radius 1 is 1.15 bits per heavy atom. The first-order chi connectivity index (χ1) is 16.5. The number of allylic oxidation sites excluding steroid dienone is 2. The standard InChI is InChI=1S/C25H22BrN3O5/c1-33-19-10-14(9-18(26)23(19)34-13-20(30)28-17-5-3-2-4-6-17)12-27-29-24(31)21-15-7-8-16(11-15)22(21)25(29)32/h2-10,12,15-16,21-22H,11,13H2,1H3,(H,28,30)/t15-,16-,21-,22+/m0/s1. The van der Waals surface area contributed by atoms with E-state index in [4.69, 9.17) is 9.47 Å². The third-order valence-corrected chi connectivity index (χ3v) is 7.02. The molecule has 0 radical (unpaired) electrons. The highest BCUT2D eigenvalue weighted by Gasteiger charge is 2.59. The van der Waals surface area contributed by atoms with Crippen LogP contribution in [0.25, 0.3) is 0 Å². The topological polar surface area (TPSA) is 97.3 Å². The van der Waals surface area contributed by atoms with Gasteiger partial charge in [-0.3, -0.25) is 14.4 Å². The molecule has 5 rings (SSSR count). The molecule has 4 atom stereocenters. The average molecular weight is 524 g/mol. The maximum absolute atomic E-state index is 12.8. The lowest BCUT2D eigenvalue weighted by Crippen LogP contribution is -2.28. The number of rotatable bonds is 7. The maximum atomic E-state index is 12.8. The highest BCUT2D eigenvalue weighted by Crippen LogP contribution is 2.52. The van der Waals surface area contributed by atoms with Crippen LogP contribution in [-0.4, -0.2) is 42.7 Å². The van der Waals surface area contributed by atoms with Crippen LogP contribution in [-0.2, 0) is 14.4 Å². The second-order valence-corrected chi connectivity index (χ2v) is 9.32. The number of nitrogens with zero attached hydrogens (tertiary/aromatic N) is 2. The Bertz CT molecular complexity index is 1180. The molecular weight excluding hydrogens is 502 g/mol. The molecule has 0 spiro atoms. The largest absolute Gasteiger partial charge is 0.493 e. The van der Waals surface area contributed by atoms with Gasteiger partial charge in [0.05, 0.1) is 29.6 Å². The number of anilines is 1. The highest BCUT2D eigenvalue weighted by molar-refractivity contribution is 9.10. The van der Waals surface area contributed by atoms with Crippen LogP contribution in [0.3, 0.4) is 0 Å². The first-order valence-electron chi connectivity index (χ1n) is 10.9. The van der Waals surface area contributed by atoms with Crippen LogP contribution in [0.4, 0.5) is 5.69 Å². The fraction of sp³-hybridized carbons (Fsp3) is 0.280. The lowest BCUT2D eigenvalue weighted by Gasteiger charge is -2.14. The van der Waals surface area contributed by atoms with Crippen molar-refractivity contribution in [1.29, 1.82) is 0 Å². The molecule has 3 aliphatic rings. The molecule has 2 aliphatic carbocycles. The number of imide groups is 1. The van der Waals surface area contributed by atoms with Gasteiger partial charge in [0.2, 0.25) is 0 Å². The summed E-state index contributed by atoms with van der Waals surface area (Å²) in [5, 5.41) is 7.95. The molecule has 1 aliphatic heterocycles. The molecule has 2 bridgehead atoms. The van der Waals surface area contributed by atoms with Crippen LogP contribution in [0.5, 0.6) is 11.5 Å². The third-order valence-electron chi connectivity index (χ3n) is 6.43. The van der Waals surface area contributed by atoms with Gasteiger partial charge in [-0.25, -0.2) is 0 Å². The molecule has 3 amide bonds. The molecule has 1 saturated carbocycles. The summed E-state index contributed by atoms with van der Waals surface area (Å²) >= 11 is 3.44. The summed E-state index contributed by atoms with van der Waals surface area (Å²) in [6.45, 7) is -0.215. The van der Waals surface area contributed by atoms with Gasteiger partial charge in [-0.05, 0) is 64.0 Å². The van der Waals surface area contributed by atoms with E-state index in [1.54, 1.807) is 24.3 Å². The fourth-order valence-electron chi connectivity index (χ4n) is 4.94. The van der Waals surface area contributed by atoms with Crippen molar-refractivity contribution < 1.29 is 23.9 Å². The molecule has 2 aromatic carbocycles. The summed E-state index contributed by atoms with van der Waals surface area (Å²) in [6, 6.07) is 12.5. The van der Waals surface area contributed by atoms with Gasteiger partial charge in [-0.1, -0.05) is 30.4 Å². The number of para-hydroxylation sites is 1. The van der Waals surface area contributed by atoms with E-state index >= 15 is 0 Å². The van der Waals surface area contributed by atoms with E-state index in [0.717, 1.165) is 11.4 Å². The van der Waals surface area contributed by atoms with Crippen molar-refractivity contribution >= 4 is 45.6 Å². The number of hydrogen-bond donors (Lipinski definition) is 1. The third kappa shape index (κ3) is 4.00. The SMILES string of the molecule is COc1cc(C=NN2C(=O)[C@@H]3[C@H](C2=O)[C@H]2C=C[C@H]3C2)cc(Br)c1OCC(=O)Nc1ccccc1. The molecule has 174 valence electrons. The smallest absolute Gasteiger partial charge is 0.262 e. The molecule has 1 heterocycles. The van der Waals surface area contributed by atoms with Crippen LogP contribution in [0.1, 0.15) is 12.0 Å². The number of methoxy groups -OCH3 is 1. The lowest BCUT2D eigenvalue weighted by molar-refractivity contribution is -0.140. The molecule has 1 N–H and O–H groups in total. The van der Waals surface area contributed by atoms with E-state index in [2.05, 4.69) is 26.3 Å². The normalized spacial score (nSPS) is 24.7. The zero-order chi connectivity index (χ0) is 23.8. The molecule has 2 fully saturated rings. The predicted molar refractivity (Wildman–Crippen MR) is 128 cm³/mol. The van der Waals surface area contributed by atoms with Crippen molar-refractivity contribution in [2.45, 2.75) is 6.42 Å². The number of benzene rings is 2. The van der Waals surface area contributed by atoms with Crippen LogP contribution in [0, 0.1) is 23.7 Å². The van der Waals surface area contributed by atoms with Crippen LogP contribution in [0.2, 0.25) is 0 Å². The number of halogens is 1. The summed E-state index contributed by atoms with van der Waals surface area (Å²) in [6.07, 6.45) is 6.42. The van der Waals surface area contributed by atoms with Crippen molar-refractivity contribution in [3.8, 4) is 11.5 Å². The molecule has 8 nitrogen and oxygen atoms in total. The second kappa shape index (κ2) is 9.06. The Labute approximate surface area is 204 Å². The first kappa shape index (κ1) is 22.3. The number of carbonyl (C=O) groups excluding carboxylic acids is 3. The van der Waals surface area contributed by atoms with E-state index in [0.29, 0.717) is 27.2 Å². The zero-order valence-corrected chi connectivity index (χ0v) is 19.9. The van der Waals surface area contributed by atoms with E-state index in [-0.39, 0.29) is 48.0 Å². The quantitative estimate of drug-likeness (QED) is 0.339. The van der Waals surface area contributed by atoms with Gasteiger partial charge in [-0.15, -0.1) is 0 Å². The monoisotopic (exact) mass is 523 g/mol. The predicted octanol–water partition coefficient (Wildman–Crippen LogP) is 3.62. The molecular formula is C25H22BrN3O5. The minimum Gasteiger partial charge on any atom is -0.493 e. The summed E-state index contributed by atoms with van der Waals surface area (Å²) in [7, 11) is 1.48. The van der Waals surface area contributed by atoms with Crippen LogP contribution < -0.4 is 14.8 Å². The number of fused-ring (bicyclic) bond motifs is 5. The van der Waals surface area contributed by atoms with Gasteiger partial charge in [-0.2, -0.15) is 10.1 Å². The summed E-state index contributed by atoms with van der Waals surface area (Å²) in [5.74, 6) is -0.372. The minimum absolute atomic E-state index is 0.136. The van der Waals surface area contributed by atoms with Crippen molar-refractivity contribution in [3.63, 3.8) is 0 Å². The van der Waals surface area contributed by atoms with Crippen molar-refractivity contribution in [1.82, 2.24) is 5.01 Å². The molecule has 0 unspecified atom stereocenters. The Morgan fingerprint density at radius 2 is 1.82 bits per heavy atom. The van der Waals surface area contributed by atoms with Gasteiger partial charge in [0.25, 0.3) is 17.7 Å². The first-order valence-corrected chi connectivity index (χ1v) is 11.7. The summed E-state index contributed by atoms with van der Waals surface area (Å²) < 4.78 is 11.7. The fourth-order valence-corrected chi connectivity index (χ4v) is 5.51. The number of hydrazone groups is 1. The number of hydrogen-bond acceptors (Lipinski definition) is 6. The highest BCUT2D eigenvalue weighted by atomic mass is 79.9. The van der Waals surface area contributed by atoms with E-state index in [9.17, 15) is 14.4 Å². The minimum atomic E-state index is -0.314. The number of nitrogens with one attached hydrogen (secondary N) is 1. The van der Waals surface area contributed by atoms with E-state index in [1.165, 1.54) is 13.3 Å². The molecule has 0 aromatic heterocycles. The van der Waals surface area contributed by atoms with Crippen LogP contribution in [0.15, 0.2) is 64.2 Å². The van der Waals surface area contributed by atoms with Gasteiger partial charge in [0.15, 0.2) is 18.1 Å². The Morgan fingerprint density at radius 3 is 2.47 bits per heavy atom. The maximum Gasteiger partial charge on any atom is 0.262 e. The molecule has 1 saturated heterocycles. The van der Waals surface area contributed by atoms with Crippen LogP contribution >= 0.6 is 15.9 Å².